The molecule has 1 aliphatic rings. The van der Waals surface area contributed by atoms with Crippen LogP contribution in [0.3, 0.4) is 0 Å². The van der Waals surface area contributed by atoms with E-state index in [4.69, 9.17) is 4.74 Å². The molecule has 4 nitrogen and oxygen atoms in total. The number of hydrogen-bond donors (Lipinski definition) is 2. The van der Waals surface area contributed by atoms with E-state index in [0.717, 1.165) is 16.3 Å². The molecule has 0 saturated carbocycles. The van der Waals surface area contributed by atoms with Crippen molar-refractivity contribution in [2.45, 2.75) is 0 Å². The van der Waals surface area contributed by atoms with Crippen molar-refractivity contribution in [3.05, 3.63) is 65.4 Å². The Labute approximate surface area is 138 Å². The SMILES string of the molecule is COC1=Cc2cccc3ccc(-c4ccc(O)c(O)c4)c(c23)C1=O. The lowest BCUT2D eigenvalue weighted by Gasteiger charge is -2.19. The van der Waals surface area contributed by atoms with Gasteiger partial charge in [0, 0.05) is 10.9 Å². The number of methoxy groups -OCH3 is 1. The lowest BCUT2D eigenvalue weighted by molar-refractivity contribution is 0.0958. The van der Waals surface area contributed by atoms with Gasteiger partial charge < -0.3 is 14.9 Å². The summed E-state index contributed by atoms with van der Waals surface area (Å²) in [6, 6.07) is 14.2. The first kappa shape index (κ1) is 14.3. The number of phenols is 2. The van der Waals surface area contributed by atoms with Gasteiger partial charge in [0.2, 0.25) is 5.78 Å². The molecule has 118 valence electrons. The molecule has 4 heteroatoms. The molecule has 0 bridgehead atoms. The molecule has 3 aromatic rings. The Kier molecular flexibility index (Phi) is 3.06. The van der Waals surface area contributed by atoms with Gasteiger partial charge >= 0.3 is 0 Å². The van der Waals surface area contributed by atoms with Crippen LogP contribution in [0.4, 0.5) is 0 Å². The maximum absolute atomic E-state index is 12.9. The normalized spacial score (nSPS) is 13.0. The zero-order valence-corrected chi connectivity index (χ0v) is 12.9. The second kappa shape index (κ2) is 5.13. The van der Waals surface area contributed by atoms with E-state index in [9.17, 15) is 15.0 Å². The third kappa shape index (κ3) is 1.97. The second-order valence-corrected chi connectivity index (χ2v) is 5.68. The highest BCUT2D eigenvalue weighted by atomic mass is 16.5. The average Bonchev–Trinajstić information content (AvgIpc) is 2.60. The molecule has 0 amide bonds. The molecule has 1 aliphatic carbocycles. The van der Waals surface area contributed by atoms with Gasteiger partial charge in [0.05, 0.1) is 7.11 Å². The van der Waals surface area contributed by atoms with E-state index in [-0.39, 0.29) is 23.0 Å². The first-order valence-electron chi connectivity index (χ1n) is 7.48. The molecular weight excluding hydrogens is 304 g/mol. The largest absolute Gasteiger partial charge is 0.504 e. The molecule has 0 fully saturated rings. The summed E-state index contributed by atoms with van der Waals surface area (Å²) < 4.78 is 5.25. The minimum Gasteiger partial charge on any atom is -0.504 e. The van der Waals surface area contributed by atoms with Gasteiger partial charge in [-0.15, -0.1) is 0 Å². The lowest BCUT2D eigenvalue weighted by Crippen LogP contribution is -2.12. The molecule has 4 rings (SSSR count). The van der Waals surface area contributed by atoms with E-state index in [2.05, 4.69) is 0 Å². The number of carbonyl (C=O) groups excluding carboxylic acids is 1. The Morgan fingerprint density at radius 3 is 2.54 bits per heavy atom. The highest BCUT2D eigenvalue weighted by Gasteiger charge is 2.26. The number of hydrogen-bond acceptors (Lipinski definition) is 4. The van der Waals surface area contributed by atoms with Crippen LogP contribution in [0.5, 0.6) is 11.5 Å². The number of rotatable bonds is 2. The van der Waals surface area contributed by atoms with Crippen LogP contribution in [0.1, 0.15) is 15.9 Å². The van der Waals surface area contributed by atoms with Crippen molar-refractivity contribution in [1.29, 1.82) is 0 Å². The van der Waals surface area contributed by atoms with Gasteiger partial charge in [0.15, 0.2) is 17.3 Å². The summed E-state index contributed by atoms with van der Waals surface area (Å²) in [4.78, 5) is 12.9. The number of ketones is 1. The molecular formula is C20H14O4. The van der Waals surface area contributed by atoms with E-state index < -0.39 is 0 Å². The lowest BCUT2D eigenvalue weighted by atomic mass is 9.85. The van der Waals surface area contributed by atoms with Crippen molar-refractivity contribution in [3.63, 3.8) is 0 Å². The molecule has 0 heterocycles. The summed E-state index contributed by atoms with van der Waals surface area (Å²) in [5.41, 5.74) is 2.82. The molecule has 0 saturated heterocycles. The smallest absolute Gasteiger partial charge is 0.228 e. The Balaban J connectivity index is 2.08. The maximum Gasteiger partial charge on any atom is 0.228 e. The number of aromatic hydroxyl groups is 2. The van der Waals surface area contributed by atoms with Gasteiger partial charge in [0.1, 0.15) is 0 Å². The third-order valence-corrected chi connectivity index (χ3v) is 4.32. The van der Waals surface area contributed by atoms with Crippen molar-refractivity contribution >= 4 is 22.6 Å². The Morgan fingerprint density at radius 2 is 1.79 bits per heavy atom. The number of benzene rings is 3. The zero-order valence-electron chi connectivity index (χ0n) is 12.9. The Hall–Kier alpha value is -3.27. The molecule has 0 spiro atoms. The van der Waals surface area contributed by atoms with Crippen LogP contribution in [0.2, 0.25) is 0 Å². The number of allylic oxidation sites excluding steroid dienone is 1. The van der Waals surface area contributed by atoms with Crippen LogP contribution in [0, 0.1) is 0 Å². The zero-order chi connectivity index (χ0) is 16.8. The molecule has 24 heavy (non-hydrogen) atoms. The van der Waals surface area contributed by atoms with Crippen molar-refractivity contribution in [2.24, 2.45) is 0 Å². The number of Topliss-reactive ketones (excluding diaryl/α,β-unsaturated/α-hetero) is 1. The minimum absolute atomic E-state index is 0.190. The predicted molar refractivity (Wildman–Crippen MR) is 92.0 cm³/mol. The summed E-state index contributed by atoms with van der Waals surface area (Å²) in [5, 5.41) is 21.2. The molecule has 0 aliphatic heterocycles. The molecule has 0 radical (unpaired) electrons. The van der Waals surface area contributed by atoms with Crippen LogP contribution in [-0.2, 0) is 4.74 Å². The van der Waals surface area contributed by atoms with Gasteiger partial charge in [-0.1, -0.05) is 36.4 Å². The van der Waals surface area contributed by atoms with Crippen molar-refractivity contribution in [2.75, 3.05) is 7.11 Å². The Bertz CT molecular complexity index is 1030. The van der Waals surface area contributed by atoms with E-state index in [1.807, 2.05) is 30.3 Å². The van der Waals surface area contributed by atoms with Crippen LogP contribution in [0.25, 0.3) is 28.0 Å². The summed E-state index contributed by atoms with van der Waals surface area (Å²) in [6.07, 6.45) is 1.75. The first-order chi connectivity index (χ1) is 11.6. The first-order valence-corrected chi connectivity index (χ1v) is 7.48. The highest BCUT2D eigenvalue weighted by Crippen LogP contribution is 2.39. The van der Waals surface area contributed by atoms with Crippen molar-refractivity contribution in [1.82, 2.24) is 0 Å². The third-order valence-electron chi connectivity index (χ3n) is 4.32. The molecule has 0 unspecified atom stereocenters. The summed E-state index contributed by atoms with van der Waals surface area (Å²) in [7, 11) is 1.48. The monoisotopic (exact) mass is 318 g/mol. The summed E-state index contributed by atoms with van der Waals surface area (Å²) in [6.45, 7) is 0. The summed E-state index contributed by atoms with van der Waals surface area (Å²) >= 11 is 0. The van der Waals surface area contributed by atoms with E-state index >= 15 is 0 Å². The van der Waals surface area contributed by atoms with Gasteiger partial charge in [-0.2, -0.15) is 0 Å². The van der Waals surface area contributed by atoms with E-state index in [0.29, 0.717) is 16.7 Å². The van der Waals surface area contributed by atoms with Crippen LogP contribution < -0.4 is 0 Å². The van der Waals surface area contributed by atoms with Gasteiger partial charge in [0.25, 0.3) is 0 Å². The molecule has 0 aromatic heterocycles. The average molecular weight is 318 g/mol. The molecule has 2 N–H and O–H groups in total. The minimum atomic E-state index is -0.223. The van der Waals surface area contributed by atoms with Crippen LogP contribution in [0.15, 0.2) is 54.3 Å². The maximum atomic E-state index is 12.9. The van der Waals surface area contributed by atoms with Gasteiger partial charge in [-0.05, 0) is 40.3 Å². The van der Waals surface area contributed by atoms with Crippen molar-refractivity contribution < 1.29 is 19.7 Å². The fourth-order valence-corrected chi connectivity index (χ4v) is 3.18. The highest BCUT2D eigenvalue weighted by molar-refractivity contribution is 6.25. The topological polar surface area (TPSA) is 66.8 Å². The van der Waals surface area contributed by atoms with Crippen LogP contribution >= 0.6 is 0 Å². The number of carbonyl (C=O) groups is 1. The fourth-order valence-electron chi connectivity index (χ4n) is 3.18. The molecule has 0 atom stereocenters. The standard InChI is InChI=1S/C20H14O4/c1-24-17-10-13-4-2-3-11-5-7-14(19(18(11)13)20(17)23)12-6-8-15(21)16(22)9-12/h2-10,21-22H,1H3. The van der Waals surface area contributed by atoms with Gasteiger partial charge in [-0.25, -0.2) is 0 Å². The van der Waals surface area contributed by atoms with Crippen LogP contribution in [-0.4, -0.2) is 23.1 Å². The van der Waals surface area contributed by atoms with Crippen molar-refractivity contribution in [3.8, 4) is 22.6 Å². The Morgan fingerprint density at radius 1 is 0.958 bits per heavy atom. The van der Waals surface area contributed by atoms with E-state index in [1.165, 1.54) is 19.2 Å². The second-order valence-electron chi connectivity index (χ2n) is 5.68. The summed E-state index contributed by atoms with van der Waals surface area (Å²) in [5.74, 6) is -0.327. The predicted octanol–water partition coefficient (Wildman–Crippen LogP) is 4.10. The van der Waals surface area contributed by atoms with Gasteiger partial charge in [-0.3, -0.25) is 4.79 Å². The van der Waals surface area contributed by atoms with E-state index in [1.54, 1.807) is 12.1 Å². The number of phenolic OH excluding ortho intramolecular Hbond substituents is 2. The number of ether oxygens (including phenoxy) is 1. The quantitative estimate of drug-likeness (QED) is 0.698. The fraction of sp³-hybridized carbons (Fsp3) is 0.0500. The molecule has 3 aromatic carbocycles.